The zero-order chi connectivity index (χ0) is 27.6. The molecule has 3 heteroatoms. The van der Waals surface area contributed by atoms with Gasteiger partial charge in [-0.2, -0.15) is 15.8 Å². The first kappa shape index (κ1) is 31.7. The molecular weight excluding hydrogens is 438 g/mol. The van der Waals surface area contributed by atoms with E-state index in [-0.39, 0.29) is 0 Å². The molecule has 0 saturated heterocycles. The molecule has 3 aliphatic rings. The van der Waals surface area contributed by atoms with Gasteiger partial charge in [-0.3, -0.25) is 0 Å². The highest BCUT2D eigenvalue weighted by molar-refractivity contribution is 5.12. The molecule has 198 valence electrons. The summed E-state index contributed by atoms with van der Waals surface area (Å²) in [5.41, 5.74) is 5.19. The van der Waals surface area contributed by atoms with Gasteiger partial charge in [-0.05, 0) is 116 Å². The lowest BCUT2D eigenvalue weighted by atomic mass is 9.99. The van der Waals surface area contributed by atoms with Gasteiger partial charge in [0.2, 0.25) is 0 Å². The fourth-order valence-corrected chi connectivity index (χ4v) is 4.73. The van der Waals surface area contributed by atoms with Crippen LogP contribution in [-0.2, 0) is 0 Å². The molecular formula is C33H51N3. The second-order valence-electron chi connectivity index (χ2n) is 13.1. The number of nitrogens with zero attached hydrogens (tertiary/aromatic N) is 3. The summed E-state index contributed by atoms with van der Waals surface area (Å²) in [6.07, 6.45) is 17.1. The van der Waals surface area contributed by atoms with E-state index in [1.54, 1.807) is 0 Å². The highest BCUT2D eigenvalue weighted by atomic mass is 14.5. The summed E-state index contributed by atoms with van der Waals surface area (Å²) >= 11 is 0. The van der Waals surface area contributed by atoms with Crippen molar-refractivity contribution in [3.05, 3.63) is 34.9 Å². The number of allylic oxidation sites excluding steroid dienone is 6. The Kier molecular flexibility index (Phi) is 12.2. The fourth-order valence-electron chi connectivity index (χ4n) is 4.73. The van der Waals surface area contributed by atoms with Crippen LogP contribution in [0.3, 0.4) is 0 Å². The van der Waals surface area contributed by atoms with Crippen LogP contribution in [0.2, 0.25) is 0 Å². The summed E-state index contributed by atoms with van der Waals surface area (Å²) in [7, 11) is 0. The second kappa shape index (κ2) is 13.8. The Balaban J connectivity index is 0.000000270. The minimum absolute atomic E-state index is 0.336. The van der Waals surface area contributed by atoms with E-state index in [4.69, 9.17) is 15.8 Å². The van der Waals surface area contributed by atoms with E-state index in [2.05, 4.69) is 98.7 Å². The zero-order valence-electron chi connectivity index (χ0n) is 24.7. The first-order chi connectivity index (χ1) is 16.7. The molecule has 0 aromatic carbocycles. The Morgan fingerprint density at radius 1 is 0.556 bits per heavy atom. The quantitative estimate of drug-likeness (QED) is 0.302. The van der Waals surface area contributed by atoms with Gasteiger partial charge in [-0.25, -0.2) is 0 Å². The Bertz CT molecular complexity index is 813. The van der Waals surface area contributed by atoms with Crippen molar-refractivity contribution in [1.29, 1.82) is 15.8 Å². The van der Waals surface area contributed by atoms with Gasteiger partial charge in [0.25, 0.3) is 0 Å². The smallest absolute Gasteiger partial charge is 0.0661 e. The summed E-state index contributed by atoms with van der Waals surface area (Å²) in [5, 5.41) is 26.1. The molecule has 3 rings (SSSR count). The Hall–Kier alpha value is -2.31. The van der Waals surface area contributed by atoms with E-state index >= 15 is 0 Å². The maximum atomic E-state index is 8.68. The molecule has 36 heavy (non-hydrogen) atoms. The molecule has 3 saturated carbocycles. The van der Waals surface area contributed by atoms with Gasteiger partial charge in [-0.1, -0.05) is 55.7 Å². The predicted octanol–water partition coefficient (Wildman–Crippen LogP) is 9.85. The third-order valence-corrected chi connectivity index (χ3v) is 8.33. The van der Waals surface area contributed by atoms with E-state index in [0.29, 0.717) is 34.0 Å². The van der Waals surface area contributed by atoms with Gasteiger partial charge in [-0.15, -0.1) is 0 Å². The minimum Gasteiger partial charge on any atom is -0.198 e. The second-order valence-corrected chi connectivity index (χ2v) is 13.1. The average Bonchev–Trinajstić information content (AvgIpc) is 3.72. The Labute approximate surface area is 223 Å². The topological polar surface area (TPSA) is 71.4 Å². The molecule has 0 N–H and O–H groups in total. The molecule has 6 atom stereocenters. The van der Waals surface area contributed by atoms with Crippen molar-refractivity contribution in [2.24, 2.45) is 34.0 Å². The predicted molar refractivity (Wildman–Crippen MR) is 151 cm³/mol. The highest BCUT2D eigenvalue weighted by Crippen LogP contribution is 2.56. The molecule has 0 spiro atoms. The van der Waals surface area contributed by atoms with Gasteiger partial charge >= 0.3 is 0 Å². The average molecular weight is 490 g/mol. The lowest BCUT2D eigenvalue weighted by molar-refractivity contribution is 0.497. The van der Waals surface area contributed by atoms with Crippen molar-refractivity contribution in [2.45, 2.75) is 120 Å². The van der Waals surface area contributed by atoms with Crippen LogP contribution < -0.4 is 0 Å². The molecule has 0 aromatic rings. The molecule has 3 nitrogen and oxygen atoms in total. The standard InChI is InChI=1S/3C11H17N/c3*1-9(2)5-4-6-11(3)7-10(11)8-12/h3*5,10H,4,6-7H2,1-3H3/t2*10-,11+;10-,11-/m100/s1. The summed E-state index contributed by atoms with van der Waals surface area (Å²) in [5.74, 6) is 1.01. The maximum Gasteiger partial charge on any atom is 0.0661 e. The molecule has 0 radical (unpaired) electrons. The minimum atomic E-state index is 0.336. The van der Waals surface area contributed by atoms with Crippen LogP contribution in [-0.4, -0.2) is 0 Å². The first-order valence-electron chi connectivity index (χ1n) is 13.8. The SMILES string of the molecule is CC(C)=CCC[C@@]1(C)C[C@@H]1C#N.CC(C)=CCC[C@@]1(C)C[C@H]1C#N.CC(C)=CCC[C@]1(C)C[C@H]1C#N. The van der Waals surface area contributed by atoms with Gasteiger partial charge in [0.05, 0.1) is 36.0 Å². The maximum absolute atomic E-state index is 8.68. The molecule has 0 unspecified atom stereocenters. The van der Waals surface area contributed by atoms with Crippen molar-refractivity contribution in [2.75, 3.05) is 0 Å². The van der Waals surface area contributed by atoms with E-state index in [1.165, 1.54) is 36.0 Å². The van der Waals surface area contributed by atoms with E-state index < -0.39 is 0 Å². The number of nitriles is 3. The van der Waals surface area contributed by atoms with Crippen LogP contribution in [0.4, 0.5) is 0 Å². The Morgan fingerprint density at radius 3 is 0.917 bits per heavy atom. The molecule has 0 aromatic heterocycles. The van der Waals surface area contributed by atoms with Crippen LogP contribution in [0.25, 0.3) is 0 Å². The summed E-state index contributed by atoms with van der Waals surface area (Å²) in [6.45, 7) is 19.4. The number of rotatable bonds is 9. The van der Waals surface area contributed by atoms with Crippen molar-refractivity contribution in [3.8, 4) is 18.2 Å². The van der Waals surface area contributed by atoms with Crippen LogP contribution in [0.15, 0.2) is 34.9 Å². The van der Waals surface area contributed by atoms with E-state index in [9.17, 15) is 0 Å². The normalized spacial score (nSPS) is 32.3. The summed E-state index contributed by atoms with van der Waals surface area (Å²) in [6, 6.07) is 7.04. The van der Waals surface area contributed by atoms with Crippen molar-refractivity contribution in [3.63, 3.8) is 0 Å². The summed E-state index contributed by atoms with van der Waals surface area (Å²) in [4.78, 5) is 0. The van der Waals surface area contributed by atoms with Crippen LogP contribution in [0.5, 0.6) is 0 Å². The van der Waals surface area contributed by atoms with Crippen LogP contribution >= 0.6 is 0 Å². The van der Waals surface area contributed by atoms with Crippen LogP contribution in [0.1, 0.15) is 120 Å². The van der Waals surface area contributed by atoms with E-state index in [0.717, 1.165) is 38.5 Å². The molecule has 3 aliphatic carbocycles. The molecule has 0 bridgehead atoms. The first-order valence-corrected chi connectivity index (χ1v) is 13.8. The monoisotopic (exact) mass is 489 g/mol. The molecule has 0 aliphatic heterocycles. The molecule has 0 amide bonds. The summed E-state index contributed by atoms with van der Waals surface area (Å²) < 4.78 is 0. The zero-order valence-corrected chi connectivity index (χ0v) is 24.7. The van der Waals surface area contributed by atoms with Crippen LogP contribution in [0, 0.1) is 68.0 Å². The van der Waals surface area contributed by atoms with Gasteiger partial charge in [0.15, 0.2) is 0 Å². The van der Waals surface area contributed by atoms with Crippen molar-refractivity contribution < 1.29 is 0 Å². The molecule has 0 heterocycles. The largest absolute Gasteiger partial charge is 0.198 e. The number of hydrogen-bond donors (Lipinski definition) is 0. The van der Waals surface area contributed by atoms with Gasteiger partial charge < -0.3 is 0 Å². The lowest BCUT2D eigenvalue weighted by Gasteiger charge is -2.05. The highest BCUT2D eigenvalue weighted by Gasteiger charge is 2.50. The Morgan fingerprint density at radius 2 is 0.778 bits per heavy atom. The lowest BCUT2D eigenvalue weighted by Crippen LogP contribution is -1.95. The van der Waals surface area contributed by atoms with Crippen molar-refractivity contribution >= 4 is 0 Å². The number of hydrogen-bond acceptors (Lipinski definition) is 3. The fraction of sp³-hybridized carbons (Fsp3) is 0.727. The third kappa shape index (κ3) is 11.2. The third-order valence-electron chi connectivity index (χ3n) is 8.33. The van der Waals surface area contributed by atoms with Crippen molar-refractivity contribution in [1.82, 2.24) is 0 Å². The van der Waals surface area contributed by atoms with Gasteiger partial charge in [0, 0.05) is 0 Å². The molecule has 3 fully saturated rings. The van der Waals surface area contributed by atoms with E-state index in [1.807, 2.05) is 0 Å². The van der Waals surface area contributed by atoms with Gasteiger partial charge in [0.1, 0.15) is 0 Å².